The van der Waals surface area contributed by atoms with Crippen LogP contribution < -0.4 is 5.32 Å². The third-order valence-electron chi connectivity index (χ3n) is 5.34. The summed E-state index contributed by atoms with van der Waals surface area (Å²) in [7, 11) is 0. The highest BCUT2D eigenvalue weighted by atomic mass is 19.1. The number of aryl methyl sites for hydroxylation is 1. The molecule has 2 heterocycles. The molecule has 1 N–H and O–H groups in total. The van der Waals surface area contributed by atoms with Crippen molar-refractivity contribution in [1.29, 1.82) is 0 Å². The van der Waals surface area contributed by atoms with Crippen molar-refractivity contribution in [3.8, 4) is 11.8 Å². The fourth-order valence-corrected chi connectivity index (χ4v) is 3.82. The highest BCUT2D eigenvalue weighted by molar-refractivity contribution is 5.96. The molecule has 1 saturated heterocycles. The van der Waals surface area contributed by atoms with Crippen LogP contribution in [0.25, 0.3) is 0 Å². The number of hydrogen-bond acceptors (Lipinski definition) is 2. The summed E-state index contributed by atoms with van der Waals surface area (Å²) in [5, 5.41) is 2.88. The molecule has 1 aromatic heterocycles. The van der Waals surface area contributed by atoms with E-state index in [0.717, 1.165) is 29.8 Å². The fraction of sp³-hybridized carbons (Fsp3) is 0.391. The van der Waals surface area contributed by atoms with Gasteiger partial charge in [-0.25, -0.2) is 4.39 Å². The van der Waals surface area contributed by atoms with Crippen LogP contribution in [0.15, 0.2) is 30.3 Å². The van der Waals surface area contributed by atoms with Gasteiger partial charge in [-0.15, -0.1) is 0 Å². The zero-order valence-electron chi connectivity index (χ0n) is 17.1. The summed E-state index contributed by atoms with van der Waals surface area (Å²) in [6.45, 7) is 7.27. The number of likely N-dealkylation sites (tertiary alicyclic amines) is 1. The van der Waals surface area contributed by atoms with E-state index < -0.39 is 0 Å². The van der Waals surface area contributed by atoms with Crippen molar-refractivity contribution in [3.63, 3.8) is 0 Å². The normalized spacial score (nSPS) is 16.1. The van der Waals surface area contributed by atoms with Crippen LogP contribution in [0.3, 0.4) is 0 Å². The summed E-state index contributed by atoms with van der Waals surface area (Å²) < 4.78 is 15.2. The minimum atomic E-state index is -0.302. The molecule has 2 aromatic rings. The maximum Gasteiger partial charge on any atom is 0.296 e. The van der Waals surface area contributed by atoms with Gasteiger partial charge in [-0.2, -0.15) is 0 Å². The summed E-state index contributed by atoms with van der Waals surface area (Å²) in [6, 6.07) is 8.23. The molecule has 0 spiro atoms. The lowest BCUT2D eigenvalue weighted by Gasteiger charge is -2.32. The summed E-state index contributed by atoms with van der Waals surface area (Å²) in [5.74, 6) is 4.49. The zero-order valence-corrected chi connectivity index (χ0v) is 17.1. The van der Waals surface area contributed by atoms with Gasteiger partial charge in [0.05, 0.1) is 5.56 Å². The number of aromatic nitrogens is 1. The summed E-state index contributed by atoms with van der Waals surface area (Å²) >= 11 is 0. The second kappa shape index (κ2) is 8.95. The van der Waals surface area contributed by atoms with Crippen molar-refractivity contribution in [2.45, 2.75) is 46.2 Å². The van der Waals surface area contributed by atoms with Crippen LogP contribution in [0.5, 0.6) is 0 Å². The highest BCUT2D eigenvalue weighted by Crippen LogP contribution is 2.21. The van der Waals surface area contributed by atoms with E-state index in [1.807, 2.05) is 19.9 Å². The molecule has 5 nitrogen and oxygen atoms in total. The van der Waals surface area contributed by atoms with Gasteiger partial charge in [-0.05, 0) is 63.3 Å². The lowest BCUT2D eigenvalue weighted by Crippen LogP contribution is -2.49. The maximum atomic E-state index is 13.2. The monoisotopic (exact) mass is 395 g/mol. The first kappa shape index (κ1) is 20.7. The molecule has 0 radical (unpaired) electrons. The Labute approximate surface area is 170 Å². The summed E-state index contributed by atoms with van der Waals surface area (Å²) in [5.41, 5.74) is 3.52. The minimum absolute atomic E-state index is 0.0241. The van der Waals surface area contributed by atoms with Gasteiger partial charge in [-0.1, -0.05) is 18.1 Å². The van der Waals surface area contributed by atoms with Crippen LogP contribution in [0.4, 0.5) is 4.39 Å². The predicted molar refractivity (Wildman–Crippen MR) is 110 cm³/mol. The highest BCUT2D eigenvalue weighted by Gasteiger charge is 2.27. The minimum Gasteiger partial charge on any atom is -0.344 e. The number of hydrogen-bond donors (Lipinski definition) is 1. The zero-order chi connectivity index (χ0) is 21.0. The Morgan fingerprint density at radius 1 is 1.24 bits per heavy atom. The standard InChI is InChI=1S/C23H26FN3O2/c1-4-6-22(28)25-20-7-5-12-26(15-20)23(29)21-13-16(2)27(17(21)3)14-18-8-10-19(24)11-9-18/h8-11,13,20H,5,7,12,14-15H2,1-3H3,(H,25,28). The van der Waals surface area contributed by atoms with Gasteiger partial charge in [0.25, 0.3) is 11.8 Å². The van der Waals surface area contributed by atoms with Crippen molar-refractivity contribution in [2.24, 2.45) is 0 Å². The molecule has 1 aliphatic rings. The van der Waals surface area contributed by atoms with Crippen LogP contribution in [0.1, 0.15) is 47.1 Å². The van der Waals surface area contributed by atoms with Gasteiger partial charge in [0.1, 0.15) is 5.82 Å². The third kappa shape index (κ3) is 4.86. The Morgan fingerprint density at radius 2 is 1.97 bits per heavy atom. The number of rotatable bonds is 4. The molecular weight excluding hydrogens is 369 g/mol. The first-order valence-electron chi connectivity index (χ1n) is 9.82. The smallest absolute Gasteiger partial charge is 0.296 e. The molecule has 0 aliphatic carbocycles. The average Bonchev–Trinajstić information content (AvgIpc) is 2.97. The van der Waals surface area contributed by atoms with E-state index in [2.05, 4.69) is 21.7 Å². The first-order chi connectivity index (χ1) is 13.9. The Hall–Kier alpha value is -3.07. The molecule has 1 fully saturated rings. The number of nitrogens with one attached hydrogen (secondary N) is 1. The molecule has 1 unspecified atom stereocenters. The molecule has 29 heavy (non-hydrogen) atoms. The quantitative estimate of drug-likeness (QED) is 0.809. The van der Waals surface area contributed by atoms with Crippen LogP contribution in [0.2, 0.25) is 0 Å². The van der Waals surface area contributed by atoms with Crippen molar-refractivity contribution < 1.29 is 14.0 Å². The Morgan fingerprint density at radius 3 is 2.66 bits per heavy atom. The molecule has 2 amide bonds. The summed E-state index contributed by atoms with van der Waals surface area (Å²) in [6.07, 6.45) is 1.68. The van der Waals surface area contributed by atoms with Gasteiger partial charge in [0, 0.05) is 37.1 Å². The second-order valence-corrected chi connectivity index (χ2v) is 7.44. The number of piperidine rings is 1. The van der Waals surface area contributed by atoms with Crippen LogP contribution in [-0.2, 0) is 11.3 Å². The number of nitrogens with zero attached hydrogens (tertiary/aromatic N) is 2. The van der Waals surface area contributed by atoms with Gasteiger partial charge < -0.3 is 14.8 Å². The molecule has 1 aliphatic heterocycles. The maximum absolute atomic E-state index is 13.2. The molecule has 1 aromatic carbocycles. The van der Waals surface area contributed by atoms with E-state index in [1.54, 1.807) is 24.0 Å². The number of carbonyl (C=O) groups is 2. The lowest BCUT2D eigenvalue weighted by molar-refractivity contribution is -0.116. The second-order valence-electron chi connectivity index (χ2n) is 7.44. The van der Waals surface area contributed by atoms with Gasteiger partial charge in [0.2, 0.25) is 0 Å². The fourth-order valence-electron chi connectivity index (χ4n) is 3.82. The van der Waals surface area contributed by atoms with Crippen molar-refractivity contribution in [3.05, 3.63) is 58.7 Å². The lowest BCUT2D eigenvalue weighted by atomic mass is 10.0. The van der Waals surface area contributed by atoms with Gasteiger partial charge >= 0.3 is 0 Å². The molecule has 152 valence electrons. The molecule has 6 heteroatoms. The Bertz CT molecular complexity index is 966. The first-order valence-corrected chi connectivity index (χ1v) is 9.82. The number of carbonyl (C=O) groups excluding carboxylic acids is 2. The Balaban J connectivity index is 1.74. The number of benzene rings is 1. The largest absolute Gasteiger partial charge is 0.344 e. The Kier molecular flexibility index (Phi) is 6.38. The van der Waals surface area contributed by atoms with Crippen molar-refractivity contribution >= 4 is 11.8 Å². The average molecular weight is 395 g/mol. The van der Waals surface area contributed by atoms with Gasteiger partial charge in [-0.3, -0.25) is 9.59 Å². The third-order valence-corrected chi connectivity index (χ3v) is 5.34. The molecule has 0 bridgehead atoms. The number of amides is 2. The van der Waals surface area contributed by atoms with Crippen LogP contribution >= 0.6 is 0 Å². The predicted octanol–water partition coefficient (Wildman–Crippen LogP) is 3.04. The van der Waals surface area contributed by atoms with Crippen LogP contribution in [0, 0.1) is 31.5 Å². The van der Waals surface area contributed by atoms with Gasteiger partial charge in [0.15, 0.2) is 0 Å². The molecule has 1 atom stereocenters. The van der Waals surface area contributed by atoms with Crippen LogP contribution in [-0.4, -0.2) is 40.4 Å². The van der Waals surface area contributed by atoms with E-state index in [9.17, 15) is 14.0 Å². The molecular formula is C23H26FN3O2. The van der Waals surface area contributed by atoms with E-state index in [-0.39, 0.29) is 23.7 Å². The molecule has 3 rings (SSSR count). The molecule has 0 saturated carbocycles. The van der Waals surface area contributed by atoms with E-state index >= 15 is 0 Å². The van der Waals surface area contributed by atoms with Crippen molar-refractivity contribution in [1.82, 2.24) is 14.8 Å². The summed E-state index contributed by atoms with van der Waals surface area (Å²) in [4.78, 5) is 26.7. The number of halogens is 1. The van der Waals surface area contributed by atoms with E-state index in [1.165, 1.54) is 12.1 Å². The topological polar surface area (TPSA) is 54.3 Å². The van der Waals surface area contributed by atoms with Crippen molar-refractivity contribution in [2.75, 3.05) is 13.1 Å². The van der Waals surface area contributed by atoms with E-state index in [0.29, 0.717) is 25.2 Å². The van der Waals surface area contributed by atoms with E-state index in [4.69, 9.17) is 0 Å². The SMILES string of the molecule is CC#CC(=O)NC1CCCN(C(=O)c2cc(C)n(Cc3ccc(F)cc3)c2C)C1.